The molecule has 18 heavy (non-hydrogen) atoms. The Kier molecular flexibility index (Phi) is 5.51. The van der Waals surface area contributed by atoms with Gasteiger partial charge in [0.1, 0.15) is 0 Å². The summed E-state index contributed by atoms with van der Waals surface area (Å²) in [5, 5.41) is 0. The average Bonchev–Trinajstić information content (AvgIpc) is 2.45. The molecule has 0 bridgehead atoms. The zero-order chi connectivity index (χ0) is 12.6. The minimum Gasteiger partial charge on any atom is -0.103 e. The standard InChI is InChI=1S/C18H26/c1-2-3-4-6-9-16-12-14-18(15-13-16)17-10-7-5-8-11-17/h2,12-15,17H,1,3-11H2. The molecular formula is C18H26. The molecule has 1 aliphatic rings. The van der Waals surface area contributed by atoms with E-state index >= 15 is 0 Å². The number of allylic oxidation sites excluding steroid dienone is 1. The molecular weight excluding hydrogens is 216 g/mol. The molecule has 1 saturated carbocycles. The normalized spacial score (nSPS) is 16.7. The second kappa shape index (κ2) is 7.41. The topological polar surface area (TPSA) is 0 Å². The third-order valence-electron chi connectivity index (χ3n) is 4.18. The van der Waals surface area contributed by atoms with Crippen LogP contribution in [0.25, 0.3) is 0 Å². The van der Waals surface area contributed by atoms with Crippen molar-refractivity contribution in [1.29, 1.82) is 0 Å². The molecule has 0 unspecified atom stereocenters. The highest BCUT2D eigenvalue weighted by Gasteiger charge is 2.14. The van der Waals surface area contributed by atoms with E-state index in [1.165, 1.54) is 56.9 Å². The van der Waals surface area contributed by atoms with Crippen LogP contribution in [0, 0.1) is 0 Å². The number of unbranched alkanes of at least 4 members (excludes halogenated alkanes) is 2. The Morgan fingerprint density at radius 3 is 2.39 bits per heavy atom. The second-order valence-corrected chi connectivity index (χ2v) is 5.61. The van der Waals surface area contributed by atoms with Crippen molar-refractivity contribution in [2.24, 2.45) is 0 Å². The van der Waals surface area contributed by atoms with Crippen molar-refractivity contribution in [3.05, 3.63) is 48.0 Å². The summed E-state index contributed by atoms with van der Waals surface area (Å²) in [4.78, 5) is 0. The molecule has 0 amide bonds. The molecule has 1 aliphatic carbocycles. The minimum absolute atomic E-state index is 0.841. The van der Waals surface area contributed by atoms with Gasteiger partial charge in [0, 0.05) is 0 Å². The van der Waals surface area contributed by atoms with Gasteiger partial charge in [-0.15, -0.1) is 6.58 Å². The van der Waals surface area contributed by atoms with Crippen molar-refractivity contribution in [3.8, 4) is 0 Å². The van der Waals surface area contributed by atoms with E-state index in [9.17, 15) is 0 Å². The first-order valence-electron chi connectivity index (χ1n) is 7.60. The smallest absolute Gasteiger partial charge is 0.0162 e. The molecule has 0 saturated heterocycles. The van der Waals surface area contributed by atoms with E-state index in [0.717, 1.165) is 12.3 Å². The number of hydrogen-bond acceptors (Lipinski definition) is 0. The van der Waals surface area contributed by atoms with E-state index in [1.807, 2.05) is 6.08 Å². The van der Waals surface area contributed by atoms with E-state index < -0.39 is 0 Å². The lowest BCUT2D eigenvalue weighted by Crippen LogP contribution is -2.04. The van der Waals surface area contributed by atoms with Crippen molar-refractivity contribution in [3.63, 3.8) is 0 Å². The van der Waals surface area contributed by atoms with E-state index in [4.69, 9.17) is 0 Å². The maximum atomic E-state index is 3.77. The molecule has 0 spiro atoms. The van der Waals surface area contributed by atoms with Crippen LogP contribution in [0.5, 0.6) is 0 Å². The van der Waals surface area contributed by atoms with Crippen LogP contribution in [0.3, 0.4) is 0 Å². The summed E-state index contributed by atoms with van der Waals surface area (Å²) in [6.07, 6.45) is 14.0. The molecule has 1 aromatic rings. The van der Waals surface area contributed by atoms with Gasteiger partial charge in [0.25, 0.3) is 0 Å². The molecule has 0 nitrogen and oxygen atoms in total. The van der Waals surface area contributed by atoms with Crippen molar-refractivity contribution in [1.82, 2.24) is 0 Å². The predicted octanol–water partition coefficient (Wildman–Crippen LogP) is 5.63. The van der Waals surface area contributed by atoms with Gasteiger partial charge >= 0.3 is 0 Å². The van der Waals surface area contributed by atoms with Crippen LogP contribution in [0.15, 0.2) is 36.9 Å². The summed E-state index contributed by atoms with van der Waals surface area (Å²) < 4.78 is 0. The molecule has 0 radical (unpaired) electrons. The van der Waals surface area contributed by atoms with E-state index in [1.54, 1.807) is 5.56 Å². The van der Waals surface area contributed by atoms with Crippen molar-refractivity contribution >= 4 is 0 Å². The maximum absolute atomic E-state index is 3.77. The maximum Gasteiger partial charge on any atom is -0.0162 e. The van der Waals surface area contributed by atoms with Gasteiger partial charge in [0.05, 0.1) is 0 Å². The number of hydrogen-bond donors (Lipinski definition) is 0. The summed E-state index contributed by atoms with van der Waals surface area (Å²) in [7, 11) is 0. The summed E-state index contributed by atoms with van der Waals surface area (Å²) in [5.41, 5.74) is 3.07. The van der Waals surface area contributed by atoms with Gasteiger partial charge in [-0.1, -0.05) is 49.6 Å². The summed E-state index contributed by atoms with van der Waals surface area (Å²) >= 11 is 0. The largest absolute Gasteiger partial charge is 0.103 e. The van der Waals surface area contributed by atoms with Gasteiger partial charge in [-0.05, 0) is 55.6 Å². The van der Waals surface area contributed by atoms with Gasteiger partial charge in [-0.2, -0.15) is 0 Å². The van der Waals surface area contributed by atoms with Gasteiger partial charge < -0.3 is 0 Å². The molecule has 98 valence electrons. The van der Waals surface area contributed by atoms with E-state index in [-0.39, 0.29) is 0 Å². The monoisotopic (exact) mass is 242 g/mol. The van der Waals surface area contributed by atoms with E-state index in [2.05, 4.69) is 30.8 Å². The molecule has 1 aromatic carbocycles. The lowest BCUT2D eigenvalue weighted by atomic mass is 9.84. The first-order chi connectivity index (χ1) is 8.90. The highest BCUT2D eigenvalue weighted by atomic mass is 14.2. The molecule has 0 N–H and O–H groups in total. The Balaban J connectivity index is 1.82. The highest BCUT2D eigenvalue weighted by Crippen LogP contribution is 2.32. The van der Waals surface area contributed by atoms with Crippen molar-refractivity contribution < 1.29 is 0 Å². The number of rotatable bonds is 6. The summed E-state index contributed by atoms with van der Waals surface area (Å²) in [5.74, 6) is 0.841. The highest BCUT2D eigenvalue weighted by molar-refractivity contribution is 5.25. The molecule has 0 atom stereocenters. The van der Waals surface area contributed by atoms with Crippen LogP contribution in [-0.4, -0.2) is 0 Å². The fraction of sp³-hybridized carbons (Fsp3) is 0.556. The summed E-state index contributed by atoms with van der Waals surface area (Å²) in [6, 6.07) is 9.44. The van der Waals surface area contributed by atoms with Crippen molar-refractivity contribution in [2.75, 3.05) is 0 Å². The molecule has 0 heterocycles. The SMILES string of the molecule is C=CCCCCc1ccc(C2CCCCC2)cc1. The van der Waals surface area contributed by atoms with Crippen LogP contribution >= 0.6 is 0 Å². The molecule has 0 aromatic heterocycles. The molecule has 0 aliphatic heterocycles. The second-order valence-electron chi connectivity index (χ2n) is 5.61. The first kappa shape index (κ1) is 13.4. The predicted molar refractivity (Wildman–Crippen MR) is 80.0 cm³/mol. The lowest BCUT2D eigenvalue weighted by molar-refractivity contribution is 0.443. The zero-order valence-corrected chi connectivity index (χ0v) is 11.5. The molecule has 0 heteroatoms. The third kappa shape index (κ3) is 4.01. The lowest BCUT2D eigenvalue weighted by Gasteiger charge is -2.22. The van der Waals surface area contributed by atoms with Crippen molar-refractivity contribution in [2.45, 2.75) is 63.7 Å². The molecule has 1 fully saturated rings. The van der Waals surface area contributed by atoms with E-state index in [0.29, 0.717) is 0 Å². The Labute approximate surface area is 112 Å². The van der Waals surface area contributed by atoms with Crippen LogP contribution < -0.4 is 0 Å². The fourth-order valence-electron chi connectivity index (χ4n) is 3.01. The third-order valence-corrected chi connectivity index (χ3v) is 4.18. The average molecular weight is 242 g/mol. The Bertz CT molecular complexity index is 341. The number of benzene rings is 1. The molecule has 2 rings (SSSR count). The van der Waals surface area contributed by atoms with Crippen LogP contribution in [-0.2, 0) is 6.42 Å². The van der Waals surface area contributed by atoms with Gasteiger partial charge in [0.2, 0.25) is 0 Å². The first-order valence-corrected chi connectivity index (χ1v) is 7.60. The quantitative estimate of drug-likeness (QED) is 0.448. The zero-order valence-electron chi connectivity index (χ0n) is 11.5. The van der Waals surface area contributed by atoms with Crippen LogP contribution in [0.2, 0.25) is 0 Å². The number of aryl methyl sites for hydroxylation is 1. The van der Waals surface area contributed by atoms with Crippen LogP contribution in [0.1, 0.15) is 68.4 Å². The Morgan fingerprint density at radius 2 is 1.72 bits per heavy atom. The van der Waals surface area contributed by atoms with Gasteiger partial charge in [-0.25, -0.2) is 0 Å². The fourth-order valence-corrected chi connectivity index (χ4v) is 3.01. The van der Waals surface area contributed by atoms with Crippen LogP contribution in [0.4, 0.5) is 0 Å². The van der Waals surface area contributed by atoms with Gasteiger partial charge in [-0.3, -0.25) is 0 Å². The van der Waals surface area contributed by atoms with Gasteiger partial charge in [0.15, 0.2) is 0 Å². The summed E-state index contributed by atoms with van der Waals surface area (Å²) in [6.45, 7) is 3.77. The Morgan fingerprint density at radius 1 is 1.00 bits per heavy atom. The minimum atomic E-state index is 0.841. The Hall–Kier alpha value is -1.04.